The average molecular weight is 267 g/mol. The van der Waals surface area contributed by atoms with Gasteiger partial charge in [-0.25, -0.2) is 9.97 Å². The Morgan fingerprint density at radius 1 is 1.56 bits per heavy atom. The predicted octanol–water partition coefficient (Wildman–Crippen LogP) is 1.68. The van der Waals surface area contributed by atoms with E-state index in [1.165, 1.54) is 24.6 Å². The predicted molar refractivity (Wildman–Crippen MR) is 77.0 cm³/mol. The first-order valence-electron chi connectivity index (χ1n) is 6.24. The van der Waals surface area contributed by atoms with Crippen molar-refractivity contribution in [2.45, 2.75) is 37.0 Å². The second kappa shape index (κ2) is 5.75. The lowest BCUT2D eigenvalue weighted by molar-refractivity contribution is 0.257. The largest absolute Gasteiger partial charge is 0.383 e. The van der Waals surface area contributed by atoms with E-state index in [2.05, 4.69) is 34.2 Å². The van der Waals surface area contributed by atoms with Gasteiger partial charge in [-0.05, 0) is 33.1 Å². The molecule has 5 nitrogen and oxygen atoms in total. The van der Waals surface area contributed by atoms with Crippen LogP contribution in [0.4, 0.5) is 11.6 Å². The third-order valence-corrected chi connectivity index (χ3v) is 3.85. The zero-order valence-electron chi connectivity index (χ0n) is 11.2. The van der Waals surface area contributed by atoms with Crippen molar-refractivity contribution in [2.24, 2.45) is 0 Å². The summed E-state index contributed by atoms with van der Waals surface area (Å²) in [5.41, 5.74) is 5.74. The van der Waals surface area contributed by atoms with Crippen molar-refractivity contribution in [1.82, 2.24) is 14.9 Å². The minimum Gasteiger partial charge on any atom is -0.383 e. The van der Waals surface area contributed by atoms with Crippen molar-refractivity contribution in [3.63, 3.8) is 0 Å². The van der Waals surface area contributed by atoms with Crippen molar-refractivity contribution in [3.05, 3.63) is 6.07 Å². The van der Waals surface area contributed by atoms with Crippen molar-refractivity contribution >= 4 is 23.4 Å². The third-order valence-electron chi connectivity index (χ3n) is 3.30. The second-order valence-corrected chi connectivity index (χ2v) is 5.56. The fraction of sp³-hybridized carbons (Fsp3) is 0.667. The zero-order valence-corrected chi connectivity index (χ0v) is 12.0. The van der Waals surface area contributed by atoms with E-state index in [-0.39, 0.29) is 0 Å². The molecule has 1 aliphatic carbocycles. The van der Waals surface area contributed by atoms with Crippen molar-refractivity contribution < 1.29 is 0 Å². The molecule has 1 atom stereocenters. The van der Waals surface area contributed by atoms with Gasteiger partial charge in [0.2, 0.25) is 0 Å². The molecule has 1 aromatic heterocycles. The van der Waals surface area contributed by atoms with Crippen LogP contribution in [-0.2, 0) is 0 Å². The molecule has 0 bridgehead atoms. The Bertz CT molecular complexity index is 407. The number of nitrogens with zero attached hydrogens (tertiary/aromatic N) is 3. The first-order valence-corrected chi connectivity index (χ1v) is 7.47. The van der Waals surface area contributed by atoms with Crippen molar-refractivity contribution in [2.75, 3.05) is 30.9 Å². The zero-order chi connectivity index (χ0) is 13.1. The number of rotatable bonds is 6. The van der Waals surface area contributed by atoms with E-state index in [1.807, 2.05) is 6.26 Å². The molecule has 1 fully saturated rings. The monoisotopic (exact) mass is 267 g/mol. The summed E-state index contributed by atoms with van der Waals surface area (Å²) in [6.07, 6.45) is 4.61. The molecule has 6 heteroatoms. The van der Waals surface area contributed by atoms with E-state index in [1.54, 1.807) is 6.07 Å². The molecule has 1 aromatic rings. The van der Waals surface area contributed by atoms with Crippen LogP contribution in [0.15, 0.2) is 11.2 Å². The standard InChI is InChI=1S/C12H21N5S/c1-8(17(2)9-4-5-9)7-14-11-6-10(13)15-12(16-11)18-3/h6,8-9H,4-5,7H2,1-3H3,(H3,13,14,15,16). The van der Waals surface area contributed by atoms with Gasteiger partial charge in [0.25, 0.3) is 0 Å². The fourth-order valence-electron chi connectivity index (χ4n) is 1.86. The van der Waals surface area contributed by atoms with Gasteiger partial charge < -0.3 is 11.1 Å². The van der Waals surface area contributed by atoms with Gasteiger partial charge in [-0.2, -0.15) is 0 Å². The molecule has 2 rings (SSSR count). The number of nitrogens with one attached hydrogen (secondary N) is 1. The first kappa shape index (κ1) is 13.4. The Morgan fingerprint density at radius 3 is 2.89 bits per heavy atom. The molecule has 0 spiro atoms. The molecule has 100 valence electrons. The maximum atomic E-state index is 5.74. The van der Waals surface area contributed by atoms with Gasteiger partial charge in [0.15, 0.2) is 5.16 Å². The number of hydrogen-bond acceptors (Lipinski definition) is 6. The number of likely N-dealkylation sites (N-methyl/N-ethyl adjacent to an activating group) is 1. The van der Waals surface area contributed by atoms with E-state index in [9.17, 15) is 0 Å². The molecule has 0 aromatic carbocycles. The Morgan fingerprint density at radius 2 is 2.28 bits per heavy atom. The highest BCUT2D eigenvalue weighted by molar-refractivity contribution is 7.98. The summed E-state index contributed by atoms with van der Waals surface area (Å²) >= 11 is 1.50. The highest BCUT2D eigenvalue weighted by Crippen LogP contribution is 2.27. The summed E-state index contributed by atoms with van der Waals surface area (Å²) < 4.78 is 0. The summed E-state index contributed by atoms with van der Waals surface area (Å²) in [5, 5.41) is 4.05. The normalized spacial score (nSPS) is 16.9. The van der Waals surface area contributed by atoms with Crippen LogP contribution < -0.4 is 11.1 Å². The van der Waals surface area contributed by atoms with Crippen LogP contribution in [-0.4, -0.2) is 46.8 Å². The lowest BCUT2D eigenvalue weighted by Gasteiger charge is -2.24. The summed E-state index contributed by atoms with van der Waals surface area (Å²) in [7, 11) is 2.19. The van der Waals surface area contributed by atoms with Gasteiger partial charge in [0, 0.05) is 24.7 Å². The van der Waals surface area contributed by atoms with Crippen LogP contribution in [0, 0.1) is 0 Å². The minimum absolute atomic E-state index is 0.492. The van der Waals surface area contributed by atoms with Gasteiger partial charge in [-0.3, -0.25) is 4.90 Å². The van der Waals surface area contributed by atoms with Crippen LogP contribution >= 0.6 is 11.8 Å². The second-order valence-electron chi connectivity index (χ2n) is 4.79. The van der Waals surface area contributed by atoms with Crippen molar-refractivity contribution in [1.29, 1.82) is 0 Å². The van der Waals surface area contributed by atoms with Crippen molar-refractivity contribution in [3.8, 4) is 0 Å². The van der Waals surface area contributed by atoms with Gasteiger partial charge in [0.1, 0.15) is 11.6 Å². The highest BCUT2D eigenvalue weighted by Gasteiger charge is 2.28. The van der Waals surface area contributed by atoms with E-state index >= 15 is 0 Å². The van der Waals surface area contributed by atoms with Crippen LogP contribution in [0.3, 0.4) is 0 Å². The number of nitrogens with two attached hydrogens (primary N) is 1. The summed E-state index contributed by atoms with van der Waals surface area (Å²) in [6, 6.07) is 3.05. The smallest absolute Gasteiger partial charge is 0.191 e. The van der Waals surface area contributed by atoms with Crippen LogP contribution in [0.5, 0.6) is 0 Å². The van der Waals surface area contributed by atoms with E-state index in [4.69, 9.17) is 5.73 Å². The minimum atomic E-state index is 0.492. The first-order chi connectivity index (χ1) is 8.60. The molecule has 1 saturated carbocycles. The molecule has 1 aliphatic rings. The number of nitrogen functional groups attached to an aromatic ring is 1. The Kier molecular flexibility index (Phi) is 4.29. The molecule has 0 saturated heterocycles. The molecule has 1 unspecified atom stereocenters. The number of thioether (sulfide) groups is 1. The Balaban J connectivity index is 1.90. The van der Waals surface area contributed by atoms with Gasteiger partial charge in [0.05, 0.1) is 0 Å². The highest BCUT2D eigenvalue weighted by atomic mass is 32.2. The summed E-state index contributed by atoms with van der Waals surface area (Å²) in [6.45, 7) is 3.10. The van der Waals surface area contributed by atoms with Gasteiger partial charge in [-0.15, -0.1) is 0 Å². The van der Waals surface area contributed by atoms with Gasteiger partial charge in [-0.1, -0.05) is 11.8 Å². The average Bonchev–Trinajstić information content (AvgIpc) is 3.18. The molecule has 0 aliphatic heterocycles. The number of hydrogen-bond donors (Lipinski definition) is 2. The third kappa shape index (κ3) is 3.49. The SMILES string of the molecule is CSc1nc(N)cc(NCC(C)N(C)C2CC2)n1. The molecule has 3 N–H and O–H groups in total. The topological polar surface area (TPSA) is 67.1 Å². The number of aromatic nitrogens is 2. The molecule has 1 heterocycles. The molecule has 0 radical (unpaired) electrons. The van der Waals surface area contributed by atoms with E-state index in [0.717, 1.165) is 18.4 Å². The quantitative estimate of drug-likeness (QED) is 0.604. The van der Waals surface area contributed by atoms with E-state index in [0.29, 0.717) is 17.0 Å². The summed E-state index contributed by atoms with van der Waals surface area (Å²) in [4.78, 5) is 10.9. The van der Waals surface area contributed by atoms with Crippen LogP contribution in [0.2, 0.25) is 0 Å². The lowest BCUT2D eigenvalue weighted by atomic mass is 10.3. The molecular weight excluding hydrogens is 246 g/mol. The maximum Gasteiger partial charge on any atom is 0.191 e. The van der Waals surface area contributed by atoms with E-state index < -0.39 is 0 Å². The lowest BCUT2D eigenvalue weighted by Crippen LogP contribution is -2.36. The number of anilines is 2. The molecule has 18 heavy (non-hydrogen) atoms. The van der Waals surface area contributed by atoms with Crippen LogP contribution in [0.1, 0.15) is 19.8 Å². The summed E-state index contributed by atoms with van der Waals surface area (Å²) in [5.74, 6) is 1.32. The van der Waals surface area contributed by atoms with Crippen LogP contribution in [0.25, 0.3) is 0 Å². The molecular formula is C12H21N5S. The Labute approximate surface area is 113 Å². The fourth-order valence-corrected chi connectivity index (χ4v) is 2.25. The van der Waals surface area contributed by atoms with Gasteiger partial charge >= 0.3 is 0 Å². The Hall–Kier alpha value is -1.01. The molecule has 0 amide bonds. The maximum absolute atomic E-state index is 5.74.